The van der Waals surface area contributed by atoms with Crippen LogP contribution in [0.4, 0.5) is 4.39 Å². The summed E-state index contributed by atoms with van der Waals surface area (Å²) in [6.45, 7) is 0. The van der Waals surface area contributed by atoms with Crippen molar-refractivity contribution in [1.82, 2.24) is 14.7 Å². The Balaban J connectivity index is 1.56. The maximum absolute atomic E-state index is 13.8. The normalized spacial score (nSPS) is 19.8. The third kappa shape index (κ3) is 4.87. The van der Waals surface area contributed by atoms with Crippen LogP contribution in [0.15, 0.2) is 35.5 Å². The third-order valence-corrected chi connectivity index (χ3v) is 6.03. The Kier molecular flexibility index (Phi) is 6.30. The molecule has 0 atom stereocenters. The zero-order valence-corrected chi connectivity index (χ0v) is 16.4. The lowest BCUT2D eigenvalue weighted by Crippen LogP contribution is -2.39. The number of nitrogens with one attached hydrogen (secondary N) is 1. The second kappa shape index (κ2) is 8.70. The molecular formula is C18H22FN3O5S. The first kappa shape index (κ1) is 20.3. The molecule has 1 aliphatic carbocycles. The monoisotopic (exact) mass is 411 g/mol. The number of aromatic nitrogens is 2. The van der Waals surface area contributed by atoms with Gasteiger partial charge < -0.3 is 14.2 Å². The highest BCUT2D eigenvalue weighted by molar-refractivity contribution is 7.89. The Morgan fingerprint density at radius 2 is 1.79 bits per heavy atom. The van der Waals surface area contributed by atoms with E-state index < -0.39 is 15.8 Å². The Bertz CT molecular complexity index is 917. The molecule has 0 amide bonds. The fourth-order valence-electron chi connectivity index (χ4n) is 3.06. The molecule has 1 heterocycles. The van der Waals surface area contributed by atoms with Crippen LogP contribution < -0.4 is 18.9 Å². The van der Waals surface area contributed by atoms with Crippen LogP contribution in [0.2, 0.25) is 0 Å². The molecule has 152 valence electrons. The van der Waals surface area contributed by atoms with Crippen LogP contribution in [0.1, 0.15) is 25.7 Å². The van der Waals surface area contributed by atoms with E-state index in [-0.39, 0.29) is 22.8 Å². The van der Waals surface area contributed by atoms with Gasteiger partial charge in [0.15, 0.2) is 11.6 Å². The van der Waals surface area contributed by atoms with Crippen LogP contribution in [-0.2, 0) is 10.0 Å². The fourth-order valence-corrected chi connectivity index (χ4v) is 4.37. The van der Waals surface area contributed by atoms with E-state index in [0.29, 0.717) is 37.4 Å². The lowest BCUT2D eigenvalue weighted by atomic mass is 9.94. The quantitative estimate of drug-likeness (QED) is 0.746. The molecule has 0 bridgehead atoms. The molecule has 1 aliphatic rings. The van der Waals surface area contributed by atoms with Gasteiger partial charge in [-0.2, -0.15) is 4.98 Å². The molecule has 10 heteroatoms. The number of hydrogen-bond acceptors (Lipinski definition) is 7. The summed E-state index contributed by atoms with van der Waals surface area (Å²) in [6, 6.07) is 3.33. The number of ether oxygens (including phenoxy) is 3. The van der Waals surface area contributed by atoms with Gasteiger partial charge in [-0.1, -0.05) is 0 Å². The lowest BCUT2D eigenvalue weighted by Gasteiger charge is -2.29. The molecule has 28 heavy (non-hydrogen) atoms. The second-order valence-corrected chi connectivity index (χ2v) is 8.12. The molecule has 1 fully saturated rings. The minimum atomic E-state index is -3.82. The molecule has 0 saturated heterocycles. The third-order valence-electron chi connectivity index (χ3n) is 4.52. The molecule has 0 radical (unpaired) electrons. The van der Waals surface area contributed by atoms with Gasteiger partial charge in [0.1, 0.15) is 6.10 Å². The van der Waals surface area contributed by atoms with Crippen molar-refractivity contribution in [2.45, 2.75) is 42.7 Å². The maximum atomic E-state index is 13.8. The van der Waals surface area contributed by atoms with Crippen molar-refractivity contribution in [2.75, 3.05) is 14.2 Å². The first-order chi connectivity index (χ1) is 13.4. The first-order valence-corrected chi connectivity index (χ1v) is 10.3. The van der Waals surface area contributed by atoms with Crippen molar-refractivity contribution < 1.29 is 27.0 Å². The van der Waals surface area contributed by atoms with Gasteiger partial charge in [0.05, 0.1) is 31.5 Å². The van der Waals surface area contributed by atoms with Crippen LogP contribution in [-0.4, -0.2) is 44.8 Å². The molecule has 8 nitrogen and oxygen atoms in total. The zero-order chi connectivity index (χ0) is 20.1. The molecule has 1 aromatic heterocycles. The molecule has 0 aliphatic heterocycles. The number of methoxy groups -OCH3 is 2. The average molecular weight is 411 g/mol. The van der Waals surface area contributed by atoms with Crippen LogP contribution >= 0.6 is 0 Å². The van der Waals surface area contributed by atoms with Gasteiger partial charge in [-0.3, -0.25) is 4.98 Å². The van der Waals surface area contributed by atoms with E-state index in [1.54, 1.807) is 0 Å². The zero-order valence-electron chi connectivity index (χ0n) is 15.6. The topological polar surface area (TPSA) is 99.6 Å². The van der Waals surface area contributed by atoms with Gasteiger partial charge in [0.25, 0.3) is 0 Å². The Labute approximate surface area is 163 Å². The minimum Gasteiger partial charge on any atom is -0.494 e. The van der Waals surface area contributed by atoms with Crippen LogP contribution in [0.3, 0.4) is 0 Å². The minimum absolute atomic E-state index is 0.00255. The van der Waals surface area contributed by atoms with Gasteiger partial charge in [-0.15, -0.1) is 0 Å². The van der Waals surface area contributed by atoms with E-state index >= 15 is 0 Å². The van der Waals surface area contributed by atoms with Crippen LogP contribution in [0.5, 0.6) is 17.5 Å². The van der Waals surface area contributed by atoms with Crippen LogP contribution in [0.25, 0.3) is 0 Å². The number of nitrogens with zero attached hydrogens (tertiary/aromatic N) is 2. The van der Waals surface area contributed by atoms with E-state index in [4.69, 9.17) is 14.2 Å². The average Bonchev–Trinajstić information content (AvgIpc) is 2.69. The molecule has 3 rings (SSSR count). The van der Waals surface area contributed by atoms with E-state index in [9.17, 15) is 12.8 Å². The van der Waals surface area contributed by atoms with Gasteiger partial charge in [-0.05, 0) is 43.9 Å². The standard InChI is InChI=1S/C18H22FN3O5S/c1-25-16-8-7-14(9-15(16)19)28(23,24)22-12-3-5-13(6-4-12)27-18-11-20-10-17(21-18)26-2/h7-13,22H,3-6H2,1-2H3. The molecule has 2 aromatic rings. The molecule has 0 spiro atoms. The second-order valence-electron chi connectivity index (χ2n) is 6.41. The number of halogens is 1. The van der Waals surface area contributed by atoms with Gasteiger partial charge >= 0.3 is 0 Å². The van der Waals surface area contributed by atoms with Crippen molar-refractivity contribution in [3.63, 3.8) is 0 Å². The highest BCUT2D eigenvalue weighted by atomic mass is 32.2. The van der Waals surface area contributed by atoms with Crippen LogP contribution in [0, 0.1) is 5.82 Å². The van der Waals surface area contributed by atoms with E-state index in [1.165, 1.54) is 38.7 Å². The largest absolute Gasteiger partial charge is 0.494 e. The highest BCUT2D eigenvalue weighted by Crippen LogP contribution is 2.26. The number of benzene rings is 1. The summed E-state index contributed by atoms with van der Waals surface area (Å²) in [5.74, 6) is 0.0156. The fraction of sp³-hybridized carbons (Fsp3) is 0.444. The van der Waals surface area contributed by atoms with Crippen molar-refractivity contribution >= 4 is 10.0 Å². The number of rotatable bonds is 7. The van der Waals surface area contributed by atoms with E-state index in [2.05, 4.69) is 14.7 Å². The van der Waals surface area contributed by atoms with Gasteiger partial charge in [0.2, 0.25) is 21.8 Å². The van der Waals surface area contributed by atoms with E-state index in [0.717, 1.165) is 6.07 Å². The molecule has 0 unspecified atom stereocenters. The van der Waals surface area contributed by atoms with E-state index in [1.807, 2.05) is 0 Å². The first-order valence-electron chi connectivity index (χ1n) is 8.80. The summed E-state index contributed by atoms with van der Waals surface area (Å²) in [5, 5.41) is 0. The number of hydrogen-bond donors (Lipinski definition) is 1. The summed E-state index contributed by atoms with van der Waals surface area (Å²) in [4.78, 5) is 8.03. The summed E-state index contributed by atoms with van der Waals surface area (Å²) >= 11 is 0. The van der Waals surface area contributed by atoms with Crippen molar-refractivity contribution in [1.29, 1.82) is 0 Å². The van der Waals surface area contributed by atoms with Gasteiger partial charge in [0, 0.05) is 6.04 Å². The molecule has 1 N–H and O–H groups in total. The van der Waals surface area contributed by atoms with Crippen molar-refractivity contribution in [3.8, 4) is 17.5 Å². The predicted octanol–water partition coefficient (Wildman–Crippen LogP) is 2.30. The lowest BCUT2D eigenvalue weighted by molar-refractivity contribution is 0.136. The summed E-state index contributed by atoms with van der Waals surface area (Å²) in [5.41, 5.74) is 0. The van der Waals surface area contributed by atoms with Gasteiger partial charge in [-0.25, -0.2) is 17.5 Å². The SMILES string of the molecule is COc1cncc(OC2CCC(NS(=O)(=O)c3ccc(OC)c(F)c3)CC2)n1. The predicted molar refractivity (Wildman–Crippen MR) is 98.5 cm³/mol. The Morgan fingerprint density at radius 3 is 2.43 bits per heavy atom. The molecule has 1 aromatic carbocycles. The summed E-state index contributed by atoms with van der Waals surface area (Å²) in [6.07, 6.45) is 5.42. The Hall–Kier alpha value is -2.46. The van der Waals surface area contributed by atoms with Crippen molar-refractivity contribution in [3.05, 3.63) is 36.4 Å². The van der Waals surface area contributed by atoms with Crippen molar-refractivity contribution in [2.24, 2.45) is 0 Å². The molecular weight excluding hydrogens is 389 g/mol. The number of sulfonamides is 1. The Morgan fingerprint density at radius 1 is 1.07 bits per heavy atom. The molecule has 1 saturated carbocycles. The smallest absolute Gasteiger partial charge is 0.240 e. The maximum Gasteiger partial charge on any atom is 0.240 e. The summed E-state index contributed by atoms with van der Waals surface area (Å²) < 4.78 is 57.1. The summed E-state index contributed by atoms with van der Waals surface area (Å²) in [7, 11) is -0.996. The highest BCUT2D eigenvalue weighted by Gasteiger charge is 2.27.